The number of halogens is 1. The van der Waals surface area contributed by atoms with Gasteiger partial charge >= 0.3 is 0 Å². The fourth-order valence-corrected chi connectivity index (χ4v) is 6.11. The van der Waals surface area contributed by atoms with Crippen LogP contribution in [0.2, 0.25) is 5.02 Å². The number of morpholine rings is 1. The van der Waals surface area contributed by atoms with Gasteiger partial charge in [-0.25, -0.2) is 8.42 Å². The Kier molecular flexibility index (Phi) is 9.42. The third-order valence-electron chi connectivity index (χ3n) is 7.35. The second kappa shape index (κ2) is 13.2. The molecule has 1 N–H and O–H groups in total. The van der Waals surface area contributed by atoms with Crippen LogP contribution in [0.4, 0.5) is 0 Å². The topological polar surface area (TPSA) is 96.8 Å². The fourth-order valence-electron chi connectivity index (χ4n) is 5.16. The second-order valence-corrected chi connectivity index (χ2v) is 12.6. The summed E-state index contributed by atoms with van der Waals surface area (Å²) in [6, 6.07) is 14.5. The average Bonchev–Trinajstić information content (AvgIpc) is 3.34. The van der Waals surface area contributed by atoms with Gasteiger partial charge in [-0.1, -0.05) is 47.7 Å². The first-order valence-electron chi connectivity index (χ1n) is 13.8. The predicted molar refractivity (Wildman–Crippen MR) is 159 cm³/mol. The van der Waals surface area contributed by atoms with Gasteiger partial charge in [0.15, 0.2) is 0 Å². The van der Waals surface area contributed by atoms with Crippen LogP contribution in [-0.4, -0.2) is 85.5 Å². The molecule has 0 spiro atoms. The number of hydrogen-bond donors (Lipinski definition) is 1. The molecule has 0 radical (unpaired) electrons. The van der Waals surface area contributed by atoms with E-state index in [0.717, 1.165) is 68.3 Å². The quantitative estimate of drug-likeness (QED) is 0.402. The minimum atomic E-state index is -3.35. The molecule has 0 bridgehead atoms. The second-order valence-electron chi connectivity index (χ2n) is 10.2. The van der Waals surface area contributed by atoms with Crippen LogP contribution in [0.5, 0.6) is 0 Å². The number of benzene rings is 2. The minimum absolute atomic E-state index is 0.171. The third-order valence-corrected chi connectivity index (χ3v) is 8.93. The lowest BCUT2D eigenvalue weighted by atomic mass is 10.0. The zero-order chi connectivity index (χ0) is 28.8. The van der Waals surface area contributed by atoms with Gasteiger partial charge in [0.2, 0.25) is 10.0 Å². The number of aryl methyl sites for hydroxylation is 1. The Morgan fingerprint density at radius 1 is 1.10 bits per heavy atom. The van der Waals surface area contributed by atoms with Crippen molar-refractivity contribution in [2.75, 3.05) is 52.2 Å². The lowest BCUT2D eigenvalue weighted by Gasteiger charge is -2.27. The van der Waals surface area contributed by atoms with Crippen molar-refractivity contribution in [3.8, 4) is 23.1 Å². The van der Waals surface area contributed by atoms with Crippen LogP contribution in [-0.2, 0) is 34.3 Å². The molecule has 0 unspecified atom stereocenters. The van der Waals surface area contributed by atoms with Gasteiger partial charge in [-0.3, -0.25) is 14.4 Å². The summed E-state index contributed by atoms with van der Waals surface area (Å²) in [6.45, 7) is 6.02. The normalized spacial score (nSPS) is 16.0. The fraction of sp³-hybridized carbons (Fsp3) is 0.400. The van der Waals surface area contributed by atoms with Gasteiger partial charge in [-0.15, -0.1) is 0 Å². The number of carbonyl (C=O) groups excluding carboxylic acids is 1. The van der Waals surface area contributed by atoms with Gasteiger partial charge in [0.1, 0.15) is 0 Å². The summed E-state index contributed by atoms with van der Waals surface area (Å²) in [5.41, 5.74) is 4.76. The zero-order valence-electron chi connectivity index (χ0n) is 23.1. The highest BCUT2D eigenvalue weighted by molar-refractivity contribution is 7.88. The Balaban J connectivity index is 1.36. The van der Waals surface area contributed by atoms with Crippen LogP contribution in [0.1, 0.15) is 33.6 Å². The lowest BCUT2D eigenvalue weighted by Crippen LogP contribution is -2.37. The summed E-state index contributed by atoms with van der Waals surface area (Å²) in [5.74, 6) is 5.86. The molecule has 0 aliphatic carbocycles. The molecule has 0 saturated carbocycles. The molecule has 1 aromatic heterocycles. The van der Waals surface area contributed by atoms with Gasteiger partial charge in [0.25, 0.3) is 5.91 Å². The van der Waals surface area contributed by atoms with Gasteiger partial charge in [-0.2, -0.15) is 9.40 Å². The smallest absolute Gasteiger partial charge is 0.252 e. The molecule has 1 amide bonds. The molecule has 41 heavy (non-hydrogen) atoms. The van der Waals surface area contributed by atoms with Crippen LogP contribution >= 0.6 is 11.6 Å². The van der Waals surface area contributed by atoms with Gasteiger partial charge in [-0.05, 0) is 30.7 Å². The van der Waals surface area contributed by atoms with E-state index >= 15 is 0 Å². The van der Waals surface area contributed by atoms with Crippen molar-refractivity contribution in [2.24, 2.45) is 0 Å². The van der Waals surface area contributed by atoms with E-state index < -0.39 is 10.0 Å². The summed E-state index contributed by atoms with van der Waals surface area (Å²) >= 11 is 6.48. The number of nitrogens with one attached hydrogen (secondary N) is 1. The number of ether oxygens (including phenoxy) is 1. The molecule has 2 aliphatic heterocycles. The number of rotatable bonds is 8. The molecule has 216 valence electrons. The van der Waals surface area contributed by atoms with E-state index in [9.17, 15) is 13.2 Å². The molecule has 2 aliphatic rings. The summed E-state index contributed by atoms with van der Waals surface area (Å²) < 4.78 is 33.8. The van der Waals surface area contributed by atoms with Crippen molar-refractivity contribution in [3.05, 3.63) is 75.9 Å². The van der Waals surface area contributed by atoms with Crippen LogP contribution in [0.3, 0.4) is 0 Å². The maximum atomic E-state index is 12.4. The predicted octanol–water partition coefficient (Wildman–Crippen LogP) is 3.03. The number of nitrogens with zero attached hydrogens (tertiary/aromatic N) is 4. The molecule has 1 fully saturated rings. The number of aromatic nitrogens is 2. The molecular formula is C30H34ClN5O4S. The van der Waals surface area contributed by atoms with Crippen LogP contribution in [0.15, 0.2) is 48.5 Å². The van der Waals surface area contributed by atoms with Crippen molar-refractivity contribution in [1.29, 1.82) is 0 Å². The number of hydrogen-bond acceptors (Lipinski definition) is 6. The van der Waals surface area contributed by atoms with Crippen molar-refractivity contribution in [3.63, 3.8) is 0 Å². The highest BCUT2D eigenvalue weighted by Crippen LogP contribution is 2.33. The van der Waals surface area contributed by atoms with Crippen LogP contribution in [0, 0.1) is 11.8 Å². The van der Waals surface area contributed by atoms with E-state index in [1.54, 1.807) is 18.2 Å². The Hall–Kier alpha value is -3.20. The van der Waals surface area contributed by atoms with Crippen molar-refractivity contribution < 1.29 is 17.9 Å². The molecule has 9 nitrogen and oxygen atoms in total. The molecule has 5 rings (SSSR count). The van der Waals surface area contributed by atoms with E-state index in [-0.39, 0.29) is 19.0 Å². The van der Waals surface area contributed by atoms with Gasteiger partial charge < -0.3 is 10.1 Å². The Labute approximate surface area is 246 Å². The number of amides is 1. The summed E-state index contributed by atoms with van der Waals surface area (Å²) in [4.78, 5) is 14.7. The van der Waals surface area contributed by atoms with E-state index in [1.165, 1.54) is 10.6 Å². The highest BCUT2D eigenvalue weighted by atomic mass is 35.5. The number of fused-ring (bicyclic) bond motifs is 1. The van der Waals surface area contributed by atoms with E-state index in [1.807, 2.05) is 35.0 Å². The first-order chi connectivity index (χ1) is 19.8. The molecule has 0 atom stereocenters. The average molecular weight is 596 g/mol. The Morgan fingerprint density at radius 3 is 2.63 bits per heavy atom. The van der Waals surface area contributed by atoms with Crippen molar-refractivity contribution in [1.82, 2.24) is 24.3 Å². The third kappa shape index (κ3) is 7.36. The van der Waals surface area contributed by atoms with Crippen molar-refractivity contribution >= 4 is 27.5 Å². The molecule has 3 aromatic rings. The van der Waals surface area contributed by atoms with Gasteiger partial charge in [0, 0.05) is 73.6 Å². The summed E-state index contributed by atoms with van der Waals surface area (Å²) in [5, 5.41) is 8.28. The molecule has 11 heteroatoms. The number of carbonyl (C=O) groups is 1. The Bertz CT molecular complexity index is 1560. The molecule has 2 aromatic carbocycles. The maximum Gasteiger partial charge on any atom is 0.252 e. The maximum absolute atomic E-state index is 12.4. The standard InChI is InChI=1S/C30H34ClN5O4S/c1-41(38,39)35-16-12-28-26(22-35)29(33-36(28)15-6-14-34-17-19-40-20-18-34)25-10-11-27(31)24(21-25)9-5-13-32-30(37)23-7-3-2-4-8-23/h2-4,7-8,10-11,21H,6,12-20,22H2,1H3,(H,32,37). The highest BCUT2D eigenvalue weighted by Gasteiger charge is 2.30. The first-order valence-corrected chi connectivity index (χ1v) is 16.0. The first kappa shape index (κ1) is 29.3. The van der Waals surface area contributed by atoms with Crippen molar-refractivity contribution in [2.45, 2.75) is 25.9 Å². The minimum Gasteiger partial charge on any atom is -0.379 e. The van der Waals surface area contributed by atoms with Crippen LogP contribution in [0.25, 0.3) is 11.3 Å². The largest absolute Gasteiger partial charge is 0.379 e. The molecule has 1 saturated heterocycles. The SMILES string of the molecule is CS(=O)(=O)N1CCc2c(c(-c3ccc(Cl)c(C#CCNC(=O)c4ccccc4)c3)nn2CCCN2CCOCC2)C1. The lowest BCUT2D eigenvalue weighted by molar-refractivity contribution is 0.0368. The van der Waals surface area contributed by atoms with E-state index in [4.69, 9.17) is 21.4 Å². The van der Waals surface area contributed by atoms with E-state index in [2.05, 4.69) is 22.1 Å². The van der Waals surface area contributed by atoms with Crippen LogP contribution < -0.4 is 5.32 Å². The Morgan fingerprint density at radius 2 is 1.88 bits per heavy atom. The number of sulfonamides is 1. The van der Waals surface area contributed by atoms with E-state index in [0.29, 0.717) is 29.1 Å². The monoisotopic (exact) mass is 595 g/mol. The van der Waals surface area contributed by atoms with Gasteiger partial charge in [0.05, 0.1) is 36.7 Å². The molecular weight excluding hydrogens is 562 g/mol. The zero-order valence-corrected chi connectivity index (χ0v) is 24.7. The molecule has 3 heterocycles. The summed E-state index contributed by atoms with van der Waals surface area (Å²) in [7, 11) is -3.35. The summed E-state index contributed by atoms with van der Waals surface area (Å²) in [6.07, 6.45) is 2.79.